The fraction of sp³-hybridized carbons (Fsp3) is 0.636. The molecule has 0 spiro atoms. The molecule has 27 heavy (non-hydrogen) atoms. The van der Waals surface area contributed by atoms with E-state index in [-0.39, 0.29) is 30.9 Å². The van der Waals surface area contributed by atoms with Crippen molar-refractivity contribution in [2.75, 3.05) is 19.8 Å². The van der Waals surface area contributed by atoms with Crippen molar-refractivity contribution in [3.8, 4) is 5.75 Å². The van der Waals surface area contributed by atoms with Crippen molar-refractivity contribution in [1.82, 2.24) is 4.90 Å². The van der Waals surface area contributed by atoms with E-state index in [0.29, 0.717) is 24.8 Å². The predicted octanol–water partition coefficient (Wildman–Crippen LogP) is 3.99. The lowest BCUT2D eigenvalue weighted by Crippen LogP contribution is -2.48. The van der Waals surface area contributed by atoms with Gasteiger partial charge in [-0.05, 0) is 49.8 Å². The summed E-state index contributed by atoms with van der Waals surface area (Å²) < 4.78 is 10.8. The van der Waals surface area contributed by atoms with Gasteiger partial charge in [-0.25, -0.2) is 0 Å². The van der Waals surface area contributed by atoms with Gasteiger partial charge in [0.1, 0.15) is 5.75 Å². The molecular formula is C22H33NO4. The quantitative estimate of drug-likeness (QED) is 0.613. The monoisotopic (exact) mass is 375 g/mol. The Hall–Kier alpha value is -2.04. The van der Waals surface area contributed by atoms with Gasteiger partial charge in [-0.15, -0.1) is 0 Å². The van der Waals surface area contributed by atoms with E-state index in [2.05, 4.69) is 13.8 Å². The van der Waals surface area contributed by atoms with E-state index in [1.807, 2.05) is 29.2 Å². The zero-order valence-corrected chi connectivity index (χ0v) is 16.9. The Bertz CT molecular complexity index is 616. The Kier molecular flexibility index (Phi) is 8.62. The molecule has 1 aromatic rings. The molecule has 2 rings (SSSR count). The summed E-state index contributed by atoms with van der Waals surface area (Å²) in [5.41, 5.74) is 1.18. The Labute approximate surface area is 163 Å². The molecule has 1 amide bonds. The van der Waals surface area contributed by atoms with Crippen molar-refractivity contribution < 1.29 is 19.1 Å². The number of ether oxygens (including phenoxy) is 2. The van der Waals surface area contributed by atoms with E-state index >= 15 is 0 Å². The largest absolute Gasteiger partial charge is 0.484 e. The number of esters is 1. The maximum atomic E-state index is 12.9. The Morgan fingerprint density at radius 1 is 1.19 bits per heavy atom. The molecule has 0 aliphatic heterocycles. The van der Waals surface area contributed by atoms with Gasteiger partial charge in [-0.2, -0.15) is 0 Å². The first kappa shape index (κ1) is 21.3. The van der Waals surface area contributed by atoms with Crippen molar-refractivity contribution in [1.29, 1.82) is 0 Å². The number of aryl methyl sites for hydroxylation is 1. The van der Waals surface area contributed by atoms with E-state index in [1.165, 1.54) is 12.0 Å². The molecule has 1 aromatic carbocycles. The van der Waals surface area contributed by atoms with Crippen LogP contribution in [0, 0.1) is 5.92 Å². The summed E-state index contributed by atoms with van der Waals surface area (Å²) in [7, 11) is 0. The predicted molar refractivity (Wildman–Crippen MR) is 106 cm³/mol. The van der Waals surface area contributed by atoms with Crippen LogP contribution in [0.25, 0.3) is 0 Å². The van der Waals surface area contributed by atoms with Crippen molar-refractivity contribution in [3.63, 3.8) is 0 Å². The molecule has 0 bridgehead atoms. The van der Waals surface area contributed by atoms with Crippen LogP contribution in [-0.4, -0.2) is 42.6 Å². The molecule has 1 fully saturated rings. The SMILES string of the molecule is CCOC(=O)CCN(C(=O)COc1cccc(CC)c1)C1CCCCC1C. The van der Waals surface area contributed by atoms with Crippen LogP contribution in [0.2, 0.25) is 0 Å². The molecule has 2 unspecified atom stereocenters. The molecule has 1 aliphatic rings. The van der Waals surface area contributed by atoms with Crippen molar-refractivity contribution >= 4 is 11.9 Å². The summed E-state index contributed by atoms with van der Waals surface area (Å²) in [6, 6.07) is 8.01. The van der Waals surface area contributed by atoms with E-state index in [4.69, 9.17) is 9.47 Å². The van der Waals surface area contributed by atoms with Crippen LogP contribution in [0.4, 0.5) is 0 Å². The molecule has 1 saturated carbocycles. The van der Waals surface area contributed by atoms with Crippen LogP contribution < -0.4 is 4.74 Å². The molecule has 1 aliphatic carbocycles. The average molecular weight is 376 g/mol. The Balaban J connectivity index is 2.01. The normalized spacial score (nSPS) is 19.4. The number of hydrogen-bond acceptors (Lipinski definition) is 4. The van der Waals surface area contributed by atoms with Crippen LogP contribution >= 0.6 is 0 Å². The number of benzene rings is 1. The van der Waals surface area contributed by atoms with Crippen LogP contribution in [-0.2, 0) is 20.7 Å². The third-order valence-electron chi connectivity index (χ3n) is 5.32. The number of carbonyl (C=O) groups is 2. The molecule has 0 N–H and O–H groups in total. The molecule has 0 aromatic heterocycles. The second kappa shape index (κ2) is 11.0. The molecule has 0 saturated heterocycles. The Morgan fingerprint density at radius 3 is 2.67 bits per heavy atom. The number of hydrogen-bond donors (Lipinski definition) is 0. The standard InChI is InChI=1S/C22H33NO4/c1-4-18-10-8-11-19(15-18)27-16-21(24)23(14-13-22(25)26-5-2)20-12-7-6-9-17(20)3/h8,10-11,15,17,20H,4-7,9,12-14,16H2,1-3H3. The maximum absolute atomic E-state index is 12.9. The lowest BCUT2D eigenvalue weighted by Gasteiger charge is -2.38. The summed E-state index contributed by atoms with van der Waals surface area (Å²) in [6.07, 6.45) is 5.59. The molecule has 0 heterocycles. The highest BCUT2D eigenvalue weighted by molar-refractivity contribution is 5.79. The number of carbonyl (C=O) groups excluding carboxylic acids is 2. The van der Waals surface area contributed by atoms with Crippen LogP contribution in [0.1, 0.15) is 58.4 Å². The minimum atomic E-state index is -0.254. The fourth-order valence-electron chi connectivity index (χ4n) is 3.76. The maximum Gasteiger partial charge on any atom is 0.307 e. The summed E-state index contributed by atoms with van der Waals surface area (Å²) in [5, 5.41) is 0. The van der Waals surface area contributed by atoms with Gasteiger partial charge in [0.2, 0.25) is 0 Å². The number of amides is 1. The van der Waals surface area contributed by atoms with E-state index < -0.39 is 0 Å². The second-order valence-corrected chi connectivity index (χ2v) is 7.26. The van der Waals surface area contributed by atoms with Crippen LogP contribution in [0.5, 0.6) is 5.75 Å². The highest BCUT2D eigenvalue weighted by Gasteiger charge is 2.31. The molecule has 0 radical (unpaired) electrons. The number of rotatable bonds is 9. The Morgan fingerprint density at radius 2 is 1.96 bits per heavy atom. The summed E-state index contributed by atoms with van der Waals surface area (Å²) in [4.78, 5) is 26.6. The third-order valence-corrected chi connectivity index (χ3v) is 5.32. The van der Waals surface area contributed by atoms with Gasteiger partial charge >= 0.3 is 5.97 Å². The van der Waals surface area contributed by atoms with Crippen molar-refractivity contribution in [2.24, 2.45) is 5.92 Å². The lowest BCUT2D eigenvalue weighted by molar-refractivity contribution is -0.145. The highest BCUT2D eigenvalue weighted by Crippen LogP contribution is 2.28. The molecule has 5 nitrogen and oxygen atoms in total. The van der Waals surface area contributed by atoms with E-state index in [0.717, 1.165) is 25.7 Å². The molecule has 5 heteroatoms. The van der Waals surface area contributed by atoms with Crippen LogP contribution in [0.3, 0.4) is 0 Å². The second-order valence-electron chi connectivity index (χ2n) is 7.26. The first-order valence-electron chi connectivity index (χ1n) is 10.2. The topological polar surface area (TPSA) is 55.8 Å². The van der Waals surface area contributed by atoms with Gasteiger partial charge in [-0.1, -0.05) is 38.8 Å². The molecular weight excluding hydrogens is 342 g/mol. The van der Waals surface area contributed by atoms with E-state index in [1.54, 1.807) is 6.92 Å². The zero-order chi connectivity index (χ0) is 19.6. The number of nitrogens with zero attached hydrogens (tertiary/aromatic N) is 1. The zero-order valence-electron chi connectivity index (χ0n) is 16.9. The summed E-state index contributed by atoms with van der Waals surface area (Å²) in [5.74, 6) is 0.841. The van der Waals surface area contributed by atoms with Crippen molar-refractivity contribution in [2.45, 2.75) is 65.3 Å². The van der Waals surface area contributed by atoms with Gasteiger partial charge in [0, 0.05) is 12.6 Å². The van der Waals surface area contributed by atoms with Gasteiger partial charge in [0.05, 0.1) is 13.0 Å². The fourth-order valence-corrected chi connectivity index (χ4v) is 3.76. The summed E-state index contributed by atoms with van der Waals surface area (Å²) >= 11 is 0. The van der Waals surface area contributed by atoms with Crippen LogP contribution in [0.15, 0.2) is 24.3 Å². The van der Waals surface area contributed by atoms with Gasteiger partial charge in [0.15, 0.2) is 6.61 Å². The molecule has 2 atom stereocenters. The van der Waals surface area contributed by atoms with Gasteiger partial charge in [-0.3, -0.25) is 9.59 Å². The van der Waals surface area contributed by atoms with Gasteiger partial charge < -0.3 is 14.4 Å². The van der Waals surface area contributed by atoms with E-state index in [9.17, 15) is 9.59 Å². The highest BCUT2D eigenvalue weighted by atomic mass is 16.5. The minimum Gasteiger partial charge on any atom is -0.484 e. The van der Waals surface area contributed by atoms with Gasteiger partial charge in [0.25, 0.3) is 5.91 Å². The minimum absolute atomic E-state index is 0.000781. The van der Waals surface area contributed by atoms with Crippen molar-refractivity contribution in [3.05, 3.63) is 29.8 Å². The summed E-state index contributed by atoms with van der Waals surface area (Å²) in [6.45, 7) is 6.84. The first-order chi connectivity index (χ1) is 13.0. The first-order valence-corrected chi connectivity index (χ1v) is 10.2. The molecule has 150 valence electrons. The lowest BCUT2D eigenvalue weighted by atomic mass is 9.84. The third kappa shape index (κ3) is 6.56. The smallest absolute Gasteiger partial charge is 0.307 e. The average Bonchev–Trinajstić information content (AvgIpc) is 2.68.